The van der Waals surface area contributed by atoms with Crippen molar-refractivity contribution in [3.8, 4) is 11.5 Å². The Bertz CT molecular complexity index is 757. The second-order valence-electron chi connectivity index (χ2n) is 4.38. The number of rotatable bonds is 3. The molecular formula is C13H12BrNO4S2. The van der Waals surface area contributed by atoms with Gasteiger partial charge >= 0.3 is 0 Å². The molecule has 0 radical (unpaired) electrons. The van der Waals surface area contributed by atoms with Gasteiger partial charge in [-0.2, -0.15) is 0 Å². The summed E-state index contributed by atoms with van der Waals surface area (Å²) in [5.41, 5.74) is 0.448. The third-order valence-electron chi connectivity index (χ3n) is 2.81. The van der Waals surface area contributed by atoms with Crippen molar-refractivity contribution in [2.24, 2.45) is 0 Å². The highest BCUT2D eigenvalue weighted by Crippen LogP contribution is 2.34. The van der Waals surface area contributed by atoms with Crippen LogP contribution in [0.2, 0.25) is 0 Å². The molecule has 1 aliphatic heterocycles. The highest BCUT2D eigenvalue weighted by Gasteiger charge is 2.18. The first-order valence-corrected chi connectivity index (χ1v) is 9.32. The Morgan fingerprint density at radius 3 is 2.57 bits per heavy atom. The van der Waals surface area contributed by atoms with Crippen molar-refractivity contribution in [2.75, 3.05) is 17.9 Å². The Morgan fingerprint density at radius 2 is 1.86 bits per heavy atom. The molecule has 21 heavy (non-hydrogen) atoms. The smallest absolute Gasteiger partial charge is 0.271 e. The molecule has 112 valence electrons. The average molecular weight is 390 g/mol. The van der Waals surface area contributed by atoms with E-state index < -0.39 is 10.0 Å². The molecule has 2 heterocycles. The van der Waals surface area contributed by atoms with Gasteiger partial charge in [-0.05, 0) is 40.2 Å². The largest absolute Gasteiger partial charge is 0.490 e. The van der Waals surface area contributed by atoms with Crippen LogP contribution in [0.25, 0.3) is 0 Å². The minimum atomic E-state index is -3.59. The van der Waals surface area contributed by atoms with Crippen molar-refractivity contribution in [2.45, 2.75) is 10.6 Å². The van der Waals surface area contributed by atoms with Crippen LogP contribution < -0.4 is 14.2 Å². The highest BCUT2D eigenvalue weighted by molar-refractivity contribution is 9.11. The van der Waals surface area contributed by atoms with Crippen LogP contribution in [0.5, 0.6) is 11.5 Å². The maximum absolute atomic E-state index is 12.3. The maximum atomic E-state index is 12.3. The number of thiophene rings is 1. The average Bonchev–Trinajstić information content (AvgIpc) is 2.75. The fourth-order valence-corrected chi connectivity index (χ4v) is 4.93. The van der Waals surface area contributed by atoms with E-state index in [9.17, 15) is 8.42 Å². The van der Waals surface area contributed by atoms with Gasteiger partial charge in [-0.1, -0.05) is 0 Å². The fraction of sp³-hybridized carbons (Fsp3) is 0.231. The van der Waals surface area contributed by atoms with Gasteiger partial charge in [0.15, 0.2) is 11.5 Å². The van der Waals surface area contributed by atoms with Gasteiger partial charge in [-0.15, -0.1) is 11.3 Å². The third-order valence-corrected chi connectivity index (χ3v) is 6.31. The molecule has 0 saturated carbocycles. The Morgan fingerprint density at radius 1 is 1.10 bits per heavy atom. The van der Waals surface area contributed by atoms with E-state index in [1.807, 2.05) is 0 Å². The normalized spacial score (nSPS) is 14.5. The molecule has 0 aliphatic carbocycles. The van der Waals surface area contributed by atoms with Gasteiger partial charge in [-0.3, -0.25) is 4.72 Å². The predicted molar refractivity (Wildman–Crippen MR) is 84.9 cm³/mol. The van der Waals surface area contributed by atoms with Gasteiger partial charge in [0.2, 0.25) is 0 Å². The minimum Gasteiger partial charge on any atom is -0.490 e. The highest BCUT2D eigenvalue weighted by atomic mass is 79.9. The lowest BCUT2D eigenvalue weighted by molar-refractivity contribution is 0.297. The second kappa shape index (κ2) is 5.86. The van der Waals surface area contributed by atoms with Crippen molar-refractivity contribution < 1.29 is 17.9 Å². The van der Waals surface area contributed by atoms with Crippen LogP contribution in [0, 0.1) is 0 Å². The van der Waals surface area contributed by atoms with E-state index in [1.54, 1.807) is 30.3 Å². The van der Waals surface area contributed by atoms with Crippen LogP contribution in [0.4, 0.5) is 5.69 Å². The molecule has 1 aliphatic rings. The molecule has 0 fully saturated rings. The molecule has 2 aromatic rings. The lowest BCUT2D eigenvalue weighted by Gasteiger charge is -2.10. The zero-order valence-corrected chi connectivity index (χ0v) is 14.1. The van der Waals surface area contributed by atoms with Crippen molar-refractivity contribution in [3.63, 3.8) is 0 Å². The summed E-state index contributed by atoms with van der Waals surface area (Å²) in [5.74, 6) is 1.19. The lowest BCUT2D eigenvalue weighted by Crippen LogP contribution is -2.11. The molecule has 1 aromatic heterocycles. The van der Waals surface area contributed by atoms with E-state index in [1.165, 1.54) is 0 Å². The zero-order valence-electron chi connectivity index (χ0n) is 10.8. The van der Waals surface area contributed by atoms with Crippen molar-refractivity contribution in [1.82, 2.24) is 0 Å². The van der Waals surface area contributed by atoms with E-state index >= 15 is 0 Å². The van der Waals surface area contributed by atoms with E-state index in [2.05, 4.69) is 20.7 Å². The molecule has 0 bridgehead atoms. The van der Waals surface area contributed by atoms with Crippen molar-refractivity contribution in [1.29, 1.82) is 0 Å². The van der Waals surface area contributed by atoms with Gasteiger partial charge in [0, 0.05) is 12.5 Å². The van der Waals surface area contributed by atoms with Crippen molar-refractivity contribution >= 4 is 43.0 Å². The Kier molecular flexibility index (Phi) is 4.10. The zero-order chi connectivity index (χ0) is 14.9. The number of nitrogens with one attached hydrogen (secondary N) is 1. The number of hydrogen-bond donors (Lipinski definition) is 1. The number of anilines is 1. The fourth-order valence-electron chi connectivity index (χ4n) is 1.87. The van der Waals surface area contributed by atoms with Gasteiger partial charge in [0.1, 0.15) is 4.21 Å². The van der Waals surface area contributed by atoms with Crippen LogP contribution in [0.15, 0.2) is 38.3 Å². The molecule has 1 aromatic carbocycles. The van der Waals surface area contributed by atoms with Crippen LogP contribution in [-0.2, 0) is 10.0 Å². The quantitative estimate of drug-likeness (QED) is 0.872. The summed E-state index contributed by atoms with van der Waals surface area (Å²) in [6.07, 6.45) is 0.805. The SMILES string of the molecule is O=S(=O)(Nc1ccc2c(c1)OCCCO2)c1ccc(Br)s1. The molecule has 0 spiro atoms. The number of benzene rings is 1. The topological polar surface area (TPSA) is 64.6 Å². The molecule has 1 N–H and O–H groups in total. The number of fused-ring (bicyclic) bond motifs is 1. The first-order chi connectivity index (χ1) is 10.0. The number of sulfonamides is 1. The first-order valence-electron chi connectivity index (χ1n) is 6.22. The molecule has 0 saturated heterocycles. The summed E-state index contributed by atoms with van der Waals surface area (Å²) in [7, 11) is -3.59. The minimum absolute atomic E-state index is 0.251. The number of hydrogen-bond acceptors (Lipinski definition) is 5. The van der Waals surface area contributed by atoms with Gasteiger partial charge in [0.25, 0.3) is 10.0 Å². The van der Waals surface area contributed by atoms with Crippen LogP contribution in [-0.4, -0.2) is 21.6 Å². The van der Waals surface area contributed by atoms with E-state index in [0.29, 0.717) is 30.4 Å². The molecular weight excluding hydrogens is 378 g/mol. The molecule has 0 amide bonds. The monoisotopic (exact) mass is 389 g/mol. The van der Waals surface area contributed by atoms with Crippen LogP contribution >= 0.6 is 27.3 Å². The van der Waals surface area contributed by atoms with E-state index in [4.69, 9.17) is 9.47 Å². The summed E-state index contributed by atoms with van der Waals surface area (Å²) in [5, 5.41) is 0. The Hall–Kier alpha value is -1.25. The summed E-state index contributed by atoms with van der Waals surface area (Å²) in [6, 6.07) is 8.27. The Labute approximate surface area is 135 Å². The standard InChI is InChI=1S/C13H12BrNO4S2/c14-12-4-5-13(20-12)21(16,17)15-9-2-3-10-11(8-9)19-7-1-6-18-10/h2-5,8,15H,1,6-7H2. The molecule has 0 unspecified atom stereocenters. The third kappa shape index (κ3) is 3.33. The van der Waals surface area contributed by atoms with Gasteiger partial charge < -0.3 is 9.47 Å². The summed E-state index contributed by atoms with van der Waals surface area (Å²) >= 11 is 4.41. The second-order valence-corrected chi connectivity index (χ2v) is 8.75. The first kappa shape index (κ1) is 14.7. The Balaban J connectivity index is 1.86. The maximum Gasteiger partial charge on any atom is 0.271 e. The predicted octanol–water partition coefficient (Wildman–Crippen LogP) is 3.47. The van der Waals surface area contributed by atoms with Gasteiger partial charge in [0.05, 0.1) is 22.7 Å². The number of halogens is 1. The van der Waals surface area contributed by atoms with Gasteiger partial charge in [-0.25, -0.2) is 8.42 Å². The summed E-state index contributed by atoms with van der Waals surface area (Å²) < 4.78 is 39.1. The van der Waals surface area contributed by atoms with Crippen LogP contribution in [0.3, 0.4) is 0 Å². The van der Waals surface area contributed by atoms with E-state index in [-0.39, 0.29) is 4.21 Å². The van der Waals surface area contributed by atoms with Crippen molar-refractivity contribution in [3.05, 3.63) is 34.1 Å². The van der Waals surface area contributed by atoms with E-state index in [0.717, 1.165) is 21.5 Å². The summed E-state index contributed by atoms with van der Waals surface area (Å²) in [6.45, 7) is 1.16. The summed E-state index contributed by atoms with van der Waals surface area (Å²) in [4.78, 5) is 0. The molecule has 8 heteroatoms. The number of ether oxygens (including phenoxy) is 2. The van der Waals surface area contributed by atoms with Crippen LogP contribution in [0.1, 0.15) is 6.42 Å². The molecule has 3 rings (SSSR count). The molecule has 5 nitrogen and oxygen atoms in total. The lowest BCUT2D eigenvalue weighted by atomic mass is 10.3. The molecule has 0 atom stereocenters.